The van der Waals surface area contributed by atoms with E-state index in [0.717, 1.165) is 25.9 Å². The molecule has 0 bridgehead atoms. The van der Waals surface area contributed by atoms with Crippen molar-refractivity contribution >= 4 is 6.09 Å². The third-order valence-corrected chi connectivity index (χ3v) is 3.49. The van der Waals surface area contributed by atoms with E-state index in [1.54, 1.807) is 0 Å². The van der Waals surface area contributed by atoms with Crippen molar-refractivity contribution in [1.29, 1.82) is 0 Å². The molecule has 86 valence electrons. The zero-order chi connectivity index (χ0) is 11.1. The van der Waals surface area contributed by atoms with E-state index >= 15 is 0 Å². The molecule has 1 spiro atoms. The quantitative estimate of drug-likeness (QED) is 0.659. The molecule has 2 heterocycles. The first-order chi connectivity index (χ1) is 6.91. The Kier molecular flexibility index (Phi) is 2.41. The van der Waals surface area contributed by atoms with Crippen molar-refractivity contribution in [3.8, 4) is 0 Å². The third-order valence-electron chi connectivity index (χ3n) is 3.49. The van der Waals surface area contributed by atoms with Crippen LogP contribution in [0.25, 0.3) is 0 Å². The zero-order valence-electron chi connectivity index (χ0n) is 9.80. The minimum atomic E-state index is -0.251. The fraction of sp³-hybridized carbons (Fsp3) is 0.909. The minimum Gasteiger partial charge on any atom is -0.441 e. The van der Waals surface area contributed by atoms with Crippen LogP contribution in [-0.2, 0) is 4.74 Å². The molecule has 1 amide bonds. The Morgan fingerprint density at radius 3 is 2.33 bits per heavy atom. The lowest BCUT2D eigenvalue weighted by Crippen LogP contribution is -2.52. The van der Waals surface area contributed by atoms with Gasteiger partial charge in [-0.15, -0.1) is 0 Å². The summed E-state index contributed by atoms with van der Waals surface area (Å²) in [6, 6.07) is 0. The Morgan fingerprint density at radius 1 is 1.33 bits per heavy atom. The fourth-order valence-corrected chi connectivity index (χ4v) is 2.37. The number of carbonyl (C=O) groups excluding carboxylic acids is 1. The second kappa shape index (κ2) is 3.37. The molecule has 4 heteroatoms. The summed E-state index contributed by atoms with van der Waals surface area (Å²) < 4.78 is 5.37. The van der Waals surface area contributed by atoms with Crippen LogP contribution in [0, 0.1) is 0 Å². The van der Waals surface area contributed by atoms with Crippen molar-refractivity contribution in [1.82, 2.24) is 10.2 Å². The molecule has 2 fully saturated rings. The molecule has 0 unspecified atom stereocenters. The molecule has 4 nitrogen and oxygen atoms in total. The first-order valence-corrected chi connectivity index (χ1v) is 5.63. The van der Waals surface area contributed by atoms with Crippen molar-refractivity contribution < 1.29 is 9.53 Å². The number of likely N-dealkylation sites (tertiary alicyclic amines) is 1. The Morgan fingerprint density at radius 2 is 1.93 bits per heavy atom. The summed E-state index contributed by atoms with van der Waals surface area (Å²) in [7, 11) is 0. The van der Waals surface area contributed by atoms with Crippen molar-refractivity contribution in [2.24, 2.45) is 0 Å². The number of piperidine rings is 1. The predicted molar refractivity (Wildman–Crippen MR) is 57.8 cm³/mol. The van der Waals surface area contributed by atoms with E-state index in [9.17, 15) is 4.79 Å². The molecular formula is C11H20N2O2. The Labute approximate surface area is 91.0 Å². The maximum absolute atomic E-state index is 11.0. The van der Waals surface area contributed by atoms with Gasteiger partial charge in [0.15, 0.2) is 0 Å². The van der Waals surface area contributed by atoms with Gasteiger partial charge in [-0.1, -0.05) is 0 Å². The van der Waals surface area contributed by atoms with Crippen LogP contribution in [0.15, 0.2) is 0 Å². The van der Waals surface area contributed by atoms with Crippen LogP contribution >= 0.6 is 0 Å². The number of nitrogens with one attached hydrogen (secondary N) is 1. The highest BCUT2D eigenvalue weighted by Gasteiger charge is 2.44. The monoisotopic (exact) mass is 212 g/mol. The average molecular weight is 212 g/mol. The summed E-state index contributed by atoms with van der Waals surface area (Å²) in [6.07, 6.45) is 1.64. The molecule has 0 aromatic rings. The van der Waals surface area contributed by atoms with Gasteiger partial charge >= 0.3 is 6.09 Å². The Balaban J connectivity index is 1.95. The highest BCUT2D eigenvalue weighted by atomic mass is 16.6. The molecule has 15 heavy (non-hydrogen) atoms. The number of hydrogen-bond donors (Lipinski definition) is 1. The van der Waals surface area contributed by atoms with E-state index in [2.05, 4.69) is 31.0 Å². The van der Waals surface area contributed by atoms with E-state index in [4.69, 9.17) is 4.74 Å². The topological polar surface area (TPSA) is 41.6 Å². The van der Waals surface area contributed by atoms with Crippen LogP contribution in [0.1, 0.15) is 33.6 Å². The van der Waals surface area contributed by atoms with Gasteiger partial charge in [-0.3, -0.25) is 4.90 Å². The van der Waals surface area contributed by atoms with Crippen LogP contribution in [0.5, 0.6) is 0 Å². The van der Waals surface area contributed by atoms with Gasteiger partial charge in [0.1, 0.15) is 5.60 Å². The Hall–Kier alpha value is -0.770. The standard InChI is InChI=1S/C11H20N2O2/c1-10(2,3)13-6-4-11(5-7-13)8-12-9(14)15-11/h4-8H2,1-3H3,(H,12,14). The van der Waals surface area contributed by atoms with Crippen LogP contribution in [0.4, 0.5) is 4.79 Å². The van der Waals surface area contributed by atoms with Gasteiger partial charge in [0, 0.05) is 31.5 Å². The second-order valence-electron chi connectivity index (χ2n) is 5.58. The first kappa shape index (κ1) is 10.7. The lowest BCUT2D eigenvalue weighted by Gasteiger charge is -2.43. The smallest absolute Gasteiger partial charge is 0.407 e. The number of rotatable bonds is 0. The SMILES string of the molecule is CC(C)(C)N1CCC2(CC1)CNC(=O)O2. The number of nitrogens with zero attached hydrogens (tertiary/aromatic N) is 1. The molecule has 0 aliphatic carbocycles. The number of carbonyl (C=O) groups is 1. The Bertz CT molecular complexity index is 262. The van der Waals surface area contributed by atoms with Gasteiger partial charge in [0.05, 0.1) is 6.54 Å². The van der Waals surface area contributed by atoms with Gasteiger partial charge < -0.3 is 10.1 Å². The zero-order valence-corrected chi connectivity index (χ0v) is 9.80. The normalized spacial score (nSPS) is 26.5. The molecule has 0 aromatic heterocycles. The molecule has 0 saturated carbocycles. The third kappa shape index (κ3) is 2.09. The number of alkyl carbamates (subject to hydrolysis) is 1. The van der Waals surface area contributed by atoms with Gasteiger partial charge in [-0.25, -0.2) is 4.79 Å². The molecule has 0 radical (unpaired) electrons. The van der Waals surface area contributed by atoms with Gasteiger partial charge in [0.25, 0.3) is 0 Å². The summed E-state index contributed by atoms with van der Waals surface area (Å²) in [5, 5.41) is 2.75. The first-order valence-electron chi connectivity index (χ1n) is 5.63. The van der Waals surface area contributed by atoms with Crippen molar-refractivity contribution in [2.45, 2.75) is 44.8 Å². The van der Waals surface area contributed by atoms with E-state index in [-0.39, 0.29) is 17.2 Å². The number of amides is 1. The molecule has 0 atom stereocenters. The molecule has 2 aliphatic heterocycles. The van der Waals surface area contributed by atoms with Crippen molar-refractivity contribution in [2.75, 3.05) is 19.6 Å². The van der Waals surface area contributed by atoms with E-state index < -0.39 is 0 Å². The van der Waals surface area contributed by atoms with Crippen LogP contribution in [0.2, 0.25) is 0 Å². The summed E-state index contributed by atoms with van der Waals surface area (Å²) in [6.45, 7) is 9.39. The van der Waals surface area contributed by atoms with Crippen molar-refractivity contribution in [3.63, 3.8) is 0 Å². The summed E-state index contributed by atoms with van der Waals surface area (Å²) >= 11 is 0. The maximum Gasteiger partial charge on any atom is 0.407 e. The second-order valence-corrected chi connectivity index (χ2v) is 5.58. The summed E-state index contributed by atoms with van der Waals surface area (Å²) in [5.74, 6) is 0. The maximum atomic E-state index is 11.0. The van der Waals surface area contributed by atoms with Crippen LogP contribution in [0.3, 0.4) is 0 Å². The van der Waals surface area contributed by atoms with E-state index in [1.807, 2.05) is 0 Å². The molecule has 2 rings (SSSR count). The molecule has 1 N–H and O–H groups in total. The summed E-state index contributed by atoms with van der Waals surface area (Å²) in [4.78, 5) is 13.5. The van der Waals surface area contributed by atoms with Gasteiger partial charge in [0.2, 0.25) is 0 Å². The van der Waals surface area contributed by atoms with E-state index in [1.165, 1.54) is 0 Å². The highest BCUT2D eigenvalue weighted by molar-refractivity contribution is 5.70. The van der Waals surface area contributed by atoms with Gasteiger partial charge in [-0.05, 0) is 20.8 Å². The largest absolute Gasteiger partial charge is 0.441 e. The molecule has 2 saturated heterocycles. The molecule has 0 aromatic carbocycles. The lowest BCUT2D eigenvalue weighted by atomic mass is 9.89. The van der Waals surface area contributed by atoms with E-state index in [0.29, 0.717) is 6.54 Å². The van der Waals surface area contributed by atoms with Crippen LogP contribution < -0.4 is 5.32 Å². The molecule has 2 aliphatic rings. The number of ether oxygens (including phenoxy) is 1. The predicted octanol–water partition coefficient (Wildman–Crippen LogP) is 1.36. The minimum absolute atomic E-state index is 0.209. The summed E-state index contributed by atoms with van der Waals surface area (Å²) in [5.41, 5.74) is 0.0104. The fourth-order valence-electron chi connectivity index (χ4n) is 2.37. The lowest BCUT2D eigenvalue weighted by molar-refractivity contribution is -0.0217. The van der Waals surface area contributed by atoms with Crippen LogP contribution in [-0.4, -0.2) is 41.8 Å². The van der Waals surface area contributed by atoms with Gasteiger partial charge in [-0.2, -0.15) is 0 Å². The molecular weight excluding hydrogens is 192 g/mol. The van der Waals surface area contributed by atoms with Crippen molar-refractivity contribution in [3.05, 3.63) is 0 Å². The highest BCUT2D eigenvalue weighted by Crippen LogP contribution is 2.31. The number of hydrogen-bond acceptors (Lipinski definition) is 3. The average Bonchev–Trinajstić information content (AvgIpc) is 2.47.